The summed E-state index contributed by atoms with van der Waals surface area (Å²) < 4.78 is 15.6. The maximum atomic E-state index is 12.5. The molecule has 0 spiro atoms. The summed E-state index contributed by atoms with van der Waals surface area (Å²) in [4.78, 5) is 24.6. The first-order valence-electron chi connectivity index (χ1n) is 9.40. The van der Waals surface area contributed by atoms with Crippen molar-refractivity contribution in [1.82, 2.24) is 0 Å². The van der Waals surface area contributed by atoms with E-state index in [4.69, 9.17) is 14.2 Å². The monoisotopic (exact) mass is 405 g/mol. The summed E-state index contributed by atoms with van der Waals surface area (Å²) in [5.41, 5.74) is 1.37. The van der Waals surface area contributed by atoms with Crippen LogP contribution in [0.4, 0.5) is 5.69 Å². The Morgan fingerprint density at radius 3 is 2.30 bits per heavy atom. The number of fused-ring (bicyclic) bond motifs is 1. The molecule has 0 saturated heterocycles. The van der Waals surface area contributed by atoms with Crippen LogP contribution < -0.4 is 14.8 Å². The van der Waals surface area contributed by atoms with Crippen LogP contribution in [-0.4, -0.2) is 32.2 Å². The van der Waals surface area contributed by atoms with E-state index in [0.29, 0.717) is 22.7 Å². The molecular weight excluding hydrogens is 382 g/mol. The highest BCUT2D eigenvalue weighted by Gasteiger charge is 2.17. The van der Waals surface area contributed by atoms with Crippen LogP contribution in [0, 0.1) is 0 Å². The topological polar surface area (TPSA) is 73.9 Å². The van der Waals surface area contributed by atoms with Crippen molar-refractivity contribution in [2.45, 2.75) is 13.0 Å². The van der Waals surface area contributed by atoms with Gasteiger partial charge in [0.15, 0.2) is 6.10 Å². The molecule has 0 unspecified atom stereocenters. The molecule has 30 heavy (non-hydrogen) atoms. The molecule has 0 saturated carbocycles. The molecule has 3 aromatic rings. The molecule has 0 aliphatic carbocycles. The highest BCUT2D eigenvalue weighted by atomic mass is 16.5. The van der Waals surface area contributed by atoms with Crippen LogP contribution in [0.2, 0.25) is 0 Å². The fraction of sp³-hybridized carbons (Fsp3) is 0.167. The molecule has 1 atom stereocenters. The van der Waals surface area contributed by atoms with Crippen LogP contribution in [0.1, 0.15) is 12.5 Å². The van der Waals surface area contributed by atoms with E-state index < -0.39 is 18.0 Å². The van der Waals surface area contributed by atoms with Gasteiger partial charge in [0.25, 0.3) is 5.91 Å². The van der Waals surface area contributed by atoms with E-state index >= 15 is 0 Å². The number of nitrogens with one attached hydrogen (secondary N) is 1. The summed E-state index contributed by atoms with van der Waals surface area (Å²) in [6.07, 6.45) is 1.87. The number of methoxy groups -OCH3 is 2. The molecule has 0 aromatic heterocycles. The summed E-state index contributed by atoms with van der Waals surface area (Å²) >= 11 is 0. The van der Waals surface area contributed by atoms with Gasteiger partial charge >= 0.3 is 5.97 Å². The Hall–Kier alpha value is -3.80. The van der Waals surface area contributed by atoms with E-state index in [2.05, 4.69) is 5.32 Å². The van der Waals surface area contributed by atoms with E-state index in [1.54, 1.807) is 38.5 Å². The normalized spacial score (nSPS) is 11.8. The number of ether oxygens (including phenoxy) is 3. The van der Waals surface area contributed by atoms with Crippen molar-refractivity contribution in [2.24, 2.45) is 0 Å². The summed E-state index contributed by atoms with van der Waals surface area (Å²) in [7, 11) is 3.10. The van der Waals surface area contributed by atoms with Gasteiger partial charge in [0.05, 0.1) is 14.2 Å². The van der Waals surface area contributed by atoms with Crippen molar-refractivity contribution in [3.05, 3.63) is 72.3 Å². The molecule has 6 nitrogen and oxygen atoms in total. The van der Waals surface area contributed by atoms with Gasteiger partial charge < -0.3 is 19.5 Å². The van der Waals surface area contributed by atoms with E-state index in [1.807, 2.05) is 42.5 Å². The molecule has 0 fully saturated rings. The van der Waals surface area contributed by atoms with Crippen LogP contribution in [0.15, 0.2) is 66.7 Å². The fourth-order valence-corrected chi connectivity index (χ4v) is 2.93. The lowest BCUT2D eigenvalue weighted by Crippen LogP contribution is -2.29. The van der Waals surface area contributed by atoms with Gasteiger partial charge in [-0.15, -0.1) is 0 Å². The van der Waals surface area contributed by atoms with Gasteiger partial charge in [0.1, 0.15) is 11.5 Å². The summed E-state index contributed by atoms with van der Waals surface area (Å²) in [5.74, 6) is 0.170. The minimum absolute atomic E-state index is 0.406. The first-order valence-corrected chi connectivity index (χ1v) is 9.40. The fourth-order valence-electron chi connectivity index (χ4n) is 2.93. The van der Waals surface area contributed by atoms with Crippen molar-refractivity contribution in [1.29, 1.82) is 0 Å². The lowest BCUT2D eigenvalue weighted by molar-refractivity contribution is -0.148. The Labute approximate surface area is 175 Å². The Morgan fingerprint density at radius 1 is 0.933 bits per heavy atom. The molecule has 154 valence electrons. The zero-order valence-electron chi connectivity index (χ0n) is 17.0. The molecule has 6 heteroatoms. The van der Waals surface area contributed by atoms with Crippen molar-refractivity contribution in [2.75, 3.05) is 19.5 Å². The molecule has 0 heterocycles. The predicted molar refractivity (Wildman–Crippen MR) is 117 cm³/mol. The van der Waals surface area contributed by atoms with Crippen molar-refractivity contribution < 1.29 is 23.8 Å². The number of amides is 1. The van der Waals surface area contributed by atoms with Crippen LogP contribution in [-0.2, 0) is 14.3 Å². The zero-order valence-corrected chi connectivity index (χ0v) is 17.0. The minimum Gasteiger partial charge on any atom is -0.497 e. The number of esters is 1. The lowest BCUT2D eigenvalue weighted by Gasteiger charge is -2.14. The van der Waals surface area contributed by atoms with Crippen molar-refractivity contribution in [3.8, 4) is 11.5 Å². The highest BCUT2D eigenvalue weighted by molar-refractivity contribution is 6.04. The molecule has 1 amide bonds. The smallest absolute Gasteiger partial charge is 0.331 e. The van der Waals surface area contributed by atoms with Crippen LogP contribution in [0.25, 0.3) is 16.8 Å². The number of hydrogen-bond donors (Lipinski definition) is 1. The van der Waals surface area contributed by atoms with Crippen LogP contribution >= 0.6 is 0 Å². The SMILES string of the molecule is COc1cc(/C=C/C(=O)O[C@@H](C)C(=O)Nc2cccc3ccccc23)cc(OC)c1. The quantitative estimate of drug-likeness (QED) is 0.465. The number of benzene rings is 3. The van der Waals surface area contributed by atoms with Gasteiger partial charge in [-0.3, -0.25) is 4.79 Å². The molecule has 0 aliphatic rings. The van der Waals surface area contributed by atoms with Gasteiger partial charge in [0.2, 0.25) is 0 Å². The molecule has 3 aromatic carbocycles. The number of carbonyl (C=O) groups excluding carboxylic acids is 2. The molecular formula is C24H23NO5. The number of rotatable bonds is 7. The second-order valence-corrected chi connectivity index (χ2v) is 6.57. The van der Waals surface area contributed by atoms with Crippen molar-refractivity contribution >= 4 is 34.4 Å². The maximum Gasteiger partial charge on any atom is 0.331 e. The second-order valence-electron chi connectivity index (χ2n) is 6.57. The van der Waals surface area contributed by atoms with E-state index in [1.165, 1.54) is 13.0 Å². The van der Waals surface area contributed by atoms with Gasteiger partial charge in [-0.05, 0) is 42.1 Å². The number of anilines is 1. The molecule has 1 N–H and O–H groups in total. The molecule has 0 aliphatic heterocycles. The average molecular weight is 405 g/mol. The van der Waals surface area contributed by atoms with Gasteiger partial charge in [-0.25, -0.2) is 4.79 Å². The van der Waals surface area contributed by atoms with Gasteiger partial charge in [-0.2, -0.15) is 0 Å². The van der Waals surface area contributed by atoms with Gasteiger partial charge in [-0.1, -0.05) is 36.4 Å². The molecule has 0 radical (unpaired) electrons. The first kappa shape index (κ1) is 20.9. The third-order valence-corrected chi connectivity index (χ3v) is 4.50. The standard InChI is InChI=1S/C24H23NO5/c1-16(24(27)25-22-10-6-8-18-7-4-5-9-21(18)22)30-23(26)12-11-17-13-19(28-2)15-20(14-17)29-3/h4-16H,1-3H3,(H,25,27)/b12-11+/t16-/m0/s1. The Balaban J connectivity index is 1.64. The third kappa shape index (κ3) is 5.17. The summed E-state index contributed by atoms with van der Waals surface area (Å²) in [6.45, 7) is 1.53. The Bertz CT molecular complexity index is 1060. The summed E-state index contributed by atoms with van der Waals surface area (Å²) in [5, 5.41) is 4.75. The van der Waals surface area contributed by atoms with E-state index in [9.17, 15) is 9.59 Å². The minimum atomic E-state index is -0.957. The van der Waals surface area contributed by atoms with Crippen LogP contribution in [0.5, 0.6) is 11.5 Å². The third-order valence-electron chi connectivity index (χ3n) is 4.50. The lowest BCUT2D eigenvalue weighted by atomic mass is 10.1. The second kappa shape index (κ2) is 9.60. The predicted octanol–water partition coefficient (Wildman–Crippen LogP) is 4.44. The molecule has 0 bridgehead atoms. The van der Waals surface area contributed by atoms with E-state index in [-0.39, 0.29) is 0 Å². The summed E-state index contributed by atoms with van der Waals surface area (Å²) in [6, 6.07) is 18.6. The maximum absolute atomic E-state index is 12.5. The van der Waals surface area contributed by atoms with Gasteiger partial charge in [0, 0.05) is 23.2 Å². The van der Waals surface area contributed by atoms with Crippen molar-refractivity contribution in [3.63, 3.8) is 0 Å². The Kier molecular flexibility index (Phi) is 6.70. The first-order chi connectivity index (χ1) is 14.5. The average Bonchev–Trinajstić information content (AvgIpc) is 2.77. The van der Waals surface area contributed by atoms with E-state index in [0.717, 1.165) is 10.8 Å². The Morgan fingerprint density at radius 2 is 1.60 bits per heavy atom. The number of carbonyl (C=O) groups is 2. The molecule has 3 rings (SSSR count). The zero-order chi connectivity index (χ0) is 21.5. The van der Waals surface area contributed by atoms with Crippen LogP contribution in [0.3, 0.4) is 0 Å². The number of hydrogen-bond acceptors (Lipinski definition) is 5. The highest BCUT2D eigenvalue weighted by Crippen LogP contribution is 2.24. The largest absolute Gasteiger partial charge is 0.497 e.